The summed E-state index contributed by atoms with van der Waals surface area (Å²) >= 11 is 0. The van der Waals surface area contributed by atoms with Crippen LogP contribution in [-0.2, 0) is 4.79 Å². The van der Waals surface area contributed by atoms with Gasteiger partial charge in [-0.3, -0.25) is 10.1 Å². The van der Waals surface area contributed by atoms with Gasteiger partial charge >= 0.3 is 0 Å². The molecule has 0 aliphatic heterocycles. The second kappa shape index (κ2) is 7.60. The minimum absolute atomic E-state index is 0.129. The van der Waals surface area contributed by atoms with Crippen LogP contribution in [0, 0.1) is 19.8 Å². The molecule has 3 heteroatoms. The molecule has 0 fully saturated rings. The highest BCUT2D eigenvalue weighted by Gasteiger charge is 2.23. The maximum absolute atomic E-state index is 12.3. The fourth-order valence-corrected chi connectivity index (χ4v) is 2.73. The van der Waals surface area contributed by atoms with Gasteiger partial charge < -0.3 is 4.90 Å². The third-order valence-corrected chi connectivity index (χ3v) is 3.79. The second-order valence-corrected chi connectivity index (χ2v) is 6.66. The maximum Gasteiger partial charge on any atom is 0.239 e. The van der Waals surface area contributed by atoms with Crippen LogP contribution in [0.25, 0.3) is 0 Å². The summed E-state index contributed by atoms with van der Waals surface area (Å²) in [7, 11) is 3.64. The second-order valence-electron chi connectivity index (χ2n) is 6.66. The predicted octanol–water partition coefficient (Wildman–Crippen LogP) is 3.46. The molecule has 2 atom stereocenters. The van der Waals surface area contributed by atoms with Gasteiger partial charge in [-0.25, -0.2) is 0 Å². The Kier molecular flexibility index (Phi) is 6.41. The van der Waals surface area contributed by atoms with Gasteiger partial charge in [0, 0.05) is 20.1 Å². The smallest absolute Gasteiger partial charge is 0.239 e. The monoisotopic (exact) mass is 290 g/mol. The minimum Gasteiger partial charge on any atom is -0.347 e. The number of nitrogens with one attached hydrogen (secondary N) is 1. The van der Waals surface area contributed by atoms with Gasteiger partial charge in [0.05, 0.1) is 6.04 Å². The maximum atomic E-state index is 12.3. The number of likely N-dealkylation sites (N-methyl/N-ethyl adjacent to an activating group) is 1. The lowest BCUT2D eigenvalue weighted by molar-refractivity contribution is -0.131. The van der Waals surface area contributed by atoms with Gasteiger partial charge in [-0.05, 0) is 44.2 Å². The standard InChI is InChI=1S/C18H30N2O/c1-12(2)10-17(18(21)20(6)7)19-15(5)16-9-8-13(3)11-14(16)4/h8-9,11-12,15,17,19H,10H2,1-7H3. The Morgan fingerprint density at radius 2 is 1.81 bits per heavy atom. The molecule has 2 unspecified atom stereocenters. The number of hydrogen-bond acceptors (Lipinski definition) is 2. The molecule has 0 spiro atoms. The number of amides is 1. The summed E-state index contributed by atoms with van der Waals surface area (Å²) in [6.45, 7) is 10.7. The summed E-state index contributed by atoms with van der Waals surface area (Å²) in [5.74, 6) is 0.637. The van der Waals surface area contributed by atoms with E-state index in [-0.39, 0.29) is 18.0 Å². The SMILES string of the molecule is Cc1ccc(C(C)NC(CC(C)C)C(=O)N(C)C)c(C)c1. The molecular formula is C18H30N2O. The van der Waals surface area contributed by atoms with Gasteiger partial charge in [0.2, 0.25) is 5.91 Å². The zero-order chi connectivity index (χ0) is 16.2. The number of nitrogens with zero attached hydrogens (tertiary/aromatic N) is 1. The van der Waals surface area contributed by atoms with Gasteiger partial charge in [-0.2, -0.15) is 0 Å². The van der Waals surface area contributed by atoms with Crippen LogP contribution in [-0.4, -0.2) is 30.9 Å². The molecule has 1 N–H and O–H groups in total. The van der Waals surface area contributed by atoms with E-state index in [1.165, 1.54) is 16.7 Å². The Balaban J connectivity index is 2.89. The van der Waals surface area contributed by atoms with Crippen LogP contribution < -0.4 is 5.32 Å². The van der Waals surface area contributed by atoms with Gasteiger partial charge in [-0.15, -0.1) is 0 Å². The molecule has 1 aromatic carbocycles. The molecule has 1 aromatic rings. The quantitative estimate of drug-likeness (QED) is 0.870. The highest BCUT2D eigenvalue weighted by molar-refractivity contribution is 5.81. The van der Waals surface area contributed by atoms with Gasteiger partial charge in [-0.1, -0.05) is 37.6 Å². The van der Waals surface area contributed by atoms with E-state index in [1.807, 2.05) is 14.1 Å². The number of benzene rings is 1. The van der Waals surface area contributed by atoms with Crippen LogP contribution in [0.5, 0.6) is 0 Å². The first-order chi connectivity index (χ1) is 9.72. The van der Waals surface area contributed by atoms with Crippen molar-refractivity contribution in [1.82, 2.24) is 10.2 Å². The van der Waals surface area contributed by atoms with Crippen molar-refractivity contribution in [2.75, 3.05) is 14.1 Å². The molecule has 118 valence electrons. The molecule has 0 aliphatic rings. The number of rotatable bonds is 6. The molecule has 0 saturated carbocycles. The molecule has 3 nitrogen and oxygen atoms in total. The van der Waals surface area contributed by atoms with Crippen molar-refractivity contribution in [3.63, 3.8) is 0 Å². The van der Waals surface area contributed by atoms with E-state index in [4.69, 9.17) is 0 Å². The van der Waals surface area contributed by atoms with Crippen LogP contribution >= 0.6 is 0 Å². The normalized spacial score (nSPS) is 14.1. The van der Waals surface area contributed by atoms with E-state index in [0.717, 1.165) is 6.42 Å². The molecule has 0 saturated heterocycles. The van der Waals surface area contributed by atoms with Crippen molar-refractivity contribution >= 4 is 5.91 Å². The fraction of sp³-hybridized carbons (Fsp3) is 0.611. The lowest BCUT2D eigenvalue weighted by Crippen LogP contribution is -2.45. The lowest BCUT2D eigenvalue weighted by atomic mass is 9.97. The van der Waals surface area contributed by atoms with Crippen LogP contribution in [0.3, 0.4) is 0 Å². The van der Waals surface area contributed by atoms with Crippen LogP contribution in [0.4, 0.5) is 0 Å². The first kappa shape index (κ1) is 17.7. The lowest BCUT2D eigenvalue weighted by Gasteiger charge is -2.27. The van der Waals surface area contributed by atoms with Crippen molar-refractivity contribution in [3.05, 3.63) is 34.9 Å². The zero-order valence-corrected chi connectivity index (χ0v) is 14.5. The Morgan fingerprint density at radius 3 is 2.29 bits per heavy atom. The van der Waals surface area contributed by atoms with Crippen LogP contribution in [0.2, 0.25) is 0 Å². The van der Waals surface area contributed by atoms with Gasteiger partial charge in [0.25, 0.3) is 0 Å². The average molecular weight is 290 g/mol. The van der Waals surface area contributed by atoms with Crippen molar-refractivity contribution in [1.29, 1.82) is 0 Å². The molecule has 0 radical (unpaired) electrons. The van der Waals surface area contributed by atoms with Crippen molar-refractivity contribution in [2.24, 2.45) is 5.92 Å². The molecule has 0 aromatic heterocycles. The minimum atomic E-state index is -0.129. The topological polar surface area (TPSA) is 32.3 Å². The summed E-state index contributed by atoms with van der Waals surface area (Å²) in [5.41, 5.74) is 3.81. The fourth-order valence-electron chi connectivity index (χ4n) is 2.73. The van der Waals surface area contributed by atoms with E-state index in [2.05, 4.69) is 58.1 Å². The number of hydrogen-bond donors (Lipinski definition) is 1. The Hall–Kier alpha value is -1.35. The third kappa shape index (κ3) is 5.16. The third-order valence-electron chi connectivity index (χ3n) is 3.79. The molecule has 0 heterocycles. The first-order valence-corrected chi connectivity index (χ1v) is 7.76. The molecule has 1 rings (SSSR count). The van der Waals surface area contributed by atoms with Crippen molar-refractivity contribution < 1.29 is 4.79 Å². The molecule has 1 amide bonds. The summed E-state index contributed by atoms with van der Waals surface area (Å²) in [5, 5.41) is 3.51. The van der Waals surface area contributed by atoms with E-state index >= 15 is 0 Å². The number of carbonyl (C=O) groups excluding carboxylic acids is 1. The van der Waals surface area contributed by atoms with Gasteiger partial charge in [0.15, 0.2) is 0 Å². The Bertz CT molecular complexity index is 480. The van der Waals surface area contributed by atoms with Crippen molar-refractivity contribution in [3.8, 4) is 0 Å². The summed E-state index contributed by atoms with van der Waals surface area (Å²) in [4.78, 5) is 14.0. The highest BCUT2D eigenvalue weighted by Crippen LogP contribution is 2.20. The Labute approximate surface area is 129 Å². The summed E-state index contributed by atoms with van der Waals surface area (Å²) in [6.07, 6.45) is 0.853. The molecular weight excluding hydrogens is 260 g/mol. The van der Waals surface area contributed by atoms with Crippen LogP contribution in [0.15, 0.2) is 18.2 Å². The number of aryl methyl sites for hydroxylation is 2. The van der Waals surface area contributed by atoms with E-state index in [9.17, 15) is 4.79 Å². The van der Waals surface area contributed by atoms with E-state index < -0.39 is 0 Å². The molecule has 21 heavy (non-hydrogen) atoms. The Morgan fingerprint density at radius 1 is 1.19 bits per heavy atom. The largest absolute Gasteiger partial charge is 0.347 e. The van der Waals surface area contributed by atoms with E-state index in [1.54, 1.807) is 4.90 Å². The van der Waals surface area contributed by atoms with Gasteiger partial charge in [0.1, 0.15) is 0 Å². The molecule has 0 bridgehead atoms. The van der Waals surface area contributed by atoms with Crippen molar-refractivity contribution in [2.45, 2.75) is 53.1 Å². The van der Waals surface area contributed by atoms with Crippen LogP contribution in [0.1, 0.15) is 49.9 Å². The zero-order valence-electron chi connectivity index (χ0n) is 14.5. The van der Waals surface area contributed by atoms with E-state index in [0.29, 0.717) is 5.92 Å². The summed E-state index contributed by atoms with van der Waals surface area (Å²) in [6, 6.07) is 6.52. The molecule has 0 aliphatic carbocycles. The predicted molar refractivity (Wildman–Crippen MR) is 89.4 cm³/mol. The average Bonchev–Trinajstić information content (AvgIpc) is 2.36. The first-order valence-electron chi connectivity index (χ1n) is 7.76. The highest BCUT2D eigenvalue weighted by atomic mass is 16.2. The summed E-state index contributed by atoms with van der Waals surface area (Å²) < 4.78 is 0. The number of carbonyl (C=O) groups is 1.